The molecule has 1 amide bonds. The molecule has 2 heterocycles. The predicted molar refractivity (Wildman–Crippen MR) is 115 cm³/mol. The monoisotopic (exact) mass is 523 g/mol. The van der Waals surface area contributed by atoms with Crippen molar-refractivity contribution < 1.29 is 31.9 Å². The first-order valence-corrected chi connectivity index (χ1v) is 10.8. The molecule has 2 aromatic rings. The Labute approximate surface area is 200 Å². The maximum atomic E-state index is 15.0. The number of aromatic amines is 1. The minimum atomic E-state index is -5.29. The minimum absolute atomic E-state index is 0.0695. The van der Waals surface area contributed by atoms with Gasteiger partial charge in [-0.1, -0.05) is 23.2 Å². The van der Waals surface area contributed by atoms with E-state index in [0.717, 1.165) is 6.07 Å². The summed E-state index contributed by atoms with van der Waals surface area (Å²) >= 11 is 11.7. The van der Waals surface area contributed by atoms with Crippen LogP contribution in [-0.2, 0) is 4.79 Å². The van der Waals surface area contributed by atoms with E-state index in [9.17, 15) is 31.9 Å². The lowest BCUT2D eigenvalue weighted by molar-refractivity contribution is -0.189. The highest BCUT2D eigenvalue weighted by Gasteiger charge is 2.42. The Bertz CT molecular complexity index is 1180. The van der Waals surface area contributed by atoms with Crippen molar-refractivity contribution in [2.24, 2.45) is 11.7 Å². The molecule has 184 valence electrons. The number of carbonyl (C=O) groups excluding carboxylic acids is 2. The average molecular weight is 524 g/mol. The second kappa shape index (κ2) is 9.93. The third-order valence-corrected chi connectivity index (χ3v) is 6.34. The largest absolute Gasteiger partial charge is 0.491 e. The van der Waals surface area contributed by atoms with Gasteiger partial charge >= 0.3 is 12.1 Å². The zero-order valence-electron chi connectivity index (χ0n) is 17.6. The SMILES string of the molecule is Cc1cc(OC(=O)C(F)(F)F)c([C@H](N)C2CCN(C(=O)c3c[nH]c(=O)c(Cl)c3)CC2)c(F)c1Cl. The van der Waals surface area contributed by atoms with Crippen LogP contribution >= 0.6 is 23.2 Å². The maximum Gasteiger partial charge on any atom is 0.491 e. The van der Waals surface area contributed by atoms with Gasteiger partial charge < -0.3 is 20.4 Å². The normalized spacial score (nSPS) is 15.8. The Morgan fingerprint density at radius 1 is 1.24 bits per heavy atom. The van der Waals surface area contributed by atoms with Crippen LogP contribution in [0.25, 0.3) is 0 Å². The van der Waals surface area contributed by atoms with Gasteiger partial charge in [0.2, 0.25) is 0 Å². The van der Waals surface area contributed by atoms with Gasteiger partial charge in [0.05, 0.1) is 10.6 Å². The molecule has 1 aliphatic heterocycles. The van der Waals surface area contributed by atoms with Crippen LogP contribution in [0.1, 0.15) is 40.4 Å². The molecule has 0 radical (unpaired) electrons. The molecule has 3 N–H and O–H groups in total. The molecule has 0 saturated carbocycles. The molecular formula is C21H19Cl2F4N3O4. The third-order valence-electron chi connectivity index (χ3n) is 5.60. The summed E-state index contributed by atoms with van der Waals surface area (Å²) in [6.07, 6.45) is -3.50. The van der Waals surface area contributed by atoms with Gasteiger partial charge in [-0.3, -0.25) is 9.59 Å². The number of ether oxygens (including phenoxy) is 1. The number of amides is 1. The van der Waals surface area contributed by atoms with Gasteiger partial charge in [0.25, 0.3) is 11.5 Å². The number of rotatable bonds is 4. The molecule has 0 unspecified atom stereocenters. The Hall–Kier alpha value is -2.63. The summed E-state index contributed by atoms with van der Waals surface area (Å²) in [5, 5.41) is -0.491. The summed E-state index contributed by atoms with van der Waals surface area (Å²) in [5.41, 5.74) is 5.48. The number of aromatic nitrogens is 1. The van der Waals surface area contributed by atoms with Crippen LogP contribution in [0.3, 0.4) is 0 Å². The summed E-state index contributed by atoms with van der Waals surface area (Å²) in [5.74, 6) is -5.09. The van der Waals surface area contributed by atoms with Crippen molar-refractivity contribution in [3.05, 3.63) is 61.2 Å². The quantitative estimate of drug-likeness (QED) is 0.355. The van der Waals surface area contributed by atoms with Gasteiger partial charge in [-0.15, -0.1) is 0 Å². The van der Waals surface area contributed by atoms with Crippen LogP contribution in [-0.4, -0.2) is 41.0 Å². The number of hydrogen-bond acceptors (Lipinski definition) is 5. The summed E-state index contributed by atoms with van der Waals surface area (Å²) in [4.78, 5) is 39.3. The van der Waals surface area contributed by atoms with E-state index >= 15 is 0 Å². The number of benzene rings is 1. The molecule has 34 heavy (non-hydrogen) atoms. The molecule has 13 heteroatoms. The van der Waals surface area contributed by atoms with E-state index in [2.05, 4.69) is 9.72 Å². The first-order valence-electron chi connectivity index (χ1n) is 10.0. The predicted octanol–water partition coefficient (Wildman–Crippen LogP) is 4.15. The molecule has 1 atom stereocenters. The number of aryl methyl sites for hydroxylation is 1. The fourth-order valence-electron chi connectivity index (χ4n) is 3.75. The Balaban J connectivity index is 1.80. The molecule has 1 aromatic carbocycles. The molecule has 0 aliphatic carbocycles. The van der Waals surface area contributed by atoms with Crippen molar-refractivity contribution in [3.8, 4) is 5.75 Å². The molecular weight excluding hydrogens is 505 g/mol. The number of alkyl halides is 3. The standard InChI is InChI=1S/C21H19Cl2F4N3O4/c1-9-6-13(34-20(33)21(25,26)27)14(16(24)15(9)23)17(28)10-2-4-30(5-3-10)19(32)11-7-12(22)18(31)29-8-11/h6-8,10,17H,2-5,28H2,1H3,(H,29,31)/t17-/m1/s1. The topological polar surface area (TPSA) is 105 Å². The van der Waals surface area contributed by atoms with Crippen LogP contribution in [0.4, 0.5) is 17.6 Å². The number of piperidine rings is 1. The van der Waals surface area contributed by atoms with E-state index in [0.29, 0.717) is 0 Å². The van der Waals surface area contributed by atoms with Gasteiger partial charge in [0, 0.05) is 30.9 Å². The van der Waals surface area contributed by atoms with Gasteiger partial charge in [0.15, 0.2) is 5.82 Å². The number of nitrogens with two attached hydrogens (primary N) is 1. The lowest BCUT2D eigenvalue weighted by Gasteiger charge is -2.35. The number of hydrogen-bond donors (Lipinski definition) is 2. The number of nitrogens with zero attached hydrogens (tertiary/aromatic N) is 1. The van der Waals surface area contributed by atoms with Crippen LogP contribution in [0.2, 0.25) is 10.0 Å². The number of H-pyrrole nitrogens is 1. The zero-order valence-corrected chi connectivity index (χ0v) is 19.2. The number of pyridine rings is 1. The summed E-state index contributed by atoms with van der Waals surface area (Å²) in [7, 11) is 0. The number of halogens is 6. The molecule has 0 bridgehead atoms. The first-order chi connectivity index (χ1) is 15.8. The van der Waals surface area contributed by atoms with Crippen molar-refractivity contribution in [2.75, 3.05) is 13.1 Å². The van der Waals surface area contributed by atoms with E-state index < -0.39 is 52.7 Å². The molecule has 1 aromatic heterocycles. The molecule has 3 rings (SSSR count). The fraction of sp³-hybridized carbons (Fsp3) is 0.381. The Kier molecular flexibility index (Phi) is 7.59. The second-order valence-electron chi connectivity index (χ2n) is 7.84. The summed E-state index contributed by atoms with van der Waals surface area (Å²) < 4.78 is 57.6. The number of nitrogens with one attached hydrogen (secondary N) is 1. The molecule has 7 nitrogen and oxygen atoms in total. The van der Waals surface area contributed by atoms with Crippen molar-refractivity contribution >= 4 is 35.1 Å². The van der Waals surface area contributed by atoms with Crippen LogP contribution in [0.5, 0.6) is 5.75 Å². The first kappa shape index (κ1) is 26.0. The van der Waals surface area contributed by atoms with E-state index in [1.165, 1.54) is 24.1 Å². The lowest BCUT2D eigenvalue weighted by Crippen LogP contribution is -2.41. The van der Waals surface area contributed by atoms with Crippen molar-refractivity contribution in [2.45, 2.75) is 32.0 Å². The lowest BCUT2D eigenvalue weighted by atomic mass is 9.85. The summed E-state index contributed by atoms with van der Waals surface area (Å²) in [6.45, 7) is 1.75. The third kappa shape index (κ3) is 5.37. The maximum absolute atomic E-state index is 15.0. The minimum Gasteiger partial charge on any atom is -0.419 e. The molecule has 1 saturated heterocycles. The highest BCUT2D eigenvalue weighted by Crippen LogP contribution is 2.40. The van der Waals surface area contributed by atoms with Gasteiger partial charge in [-0.25, -0.2) is 9.18 Å². The van der Waals surface area contributed by atoms with Crippen LogP contribution < -0.4 is 16.0 Å². The molecule has 1 fully saturated rings. The van der Waals surface area contributed by atoms with E-state index in [-0.39, 0.29) is 47.1 Å². The smallest absolute Gasteiger partial charge is 0.419 e. The highest BCUT2D eigenvalue weighted by molar-refractivity contribution is 6.31. The van der Waals surface area contributed by atoms with Gasteiger partial charge in [0.1, 0.15) is 10.8 Å². The van der Waals surface area contributed by atoms with Crippen LogP contribution in [0.15, 0.2) is 23.1 Å². The number of likely N-dealkylation sites (tertiary alicyclic amines) is 1. The second-order valence-corrected chi connectivity index (χ2v) is 8.63. The van der Waals surface area contributed by atoms with Crippen molar-refractivity contribution in [1.29, 1.82) is 0 Å². The summed E-state index contributed by atoms with van der Waals surface area (Å²) in [6, 6.07) is 1.11. The molecule has 1 aliphatic rings. The van der Waals surface area contributed by atoms with Crippen molar-refractivity contribution in [1.82, 2.24) is 9.88 Å². The highest BCUT2D eigenvalue weighted by atomic mass is 35.5. The van der Waals surface area contributed by atoms with E-state index in [1.54, 1.807) is 0 Å². The number of esters is 1. The van der Waals surface area contributed by atoms with E-state index in [4.69, 9.17) is 28.9 Å². The van der Waals surface area contributed by atoms with Gasteiger partial charge in [-0.05, 0) is 43.4 Å². The fourth-order valence-corrected chi connectivity index (χ4v) is 4.08. The molecule has 0 spiro atoms. The van der Waals surface area contributed by atoms with Gasteiger partial charge in [-0.2, -0.15) is 13.2 Å². The zero-order chi connectivity index (χ0) is 25.4. The van der Waals surface area contributed by atoms with E-state index in [1.807, 2.05) is 0 Å². The Morgan fingerprint density at radius 3 is 2.41 bits per heavy atom. The van der Waals surface area contributed by atoms with Crippen LogP contribution in [0, 0.1) is 18.7 Å². The van der Waals surface area contributed by atoms with Crippen molar-refractivity contribution in [3.63, 3.8) is 0 Å². The Morgan fingerprint density at radius 2 is 1.85 bits per heavy atom. The number of carbonyl (C=O) groups is 2. The average Bonchev–Trinajstić information content (AvgIpc) is 2.78.